The first-order valence-corrected chi connectivity index (χ1v) is 8.09. The Labute approximate surface area is 149 Å². The molecule has 4 heteroatoms. The van der Waals surface area contributed by atoms with Gasteiger partial charge < -0.3 is 0 Å². The maximum absolute atomic E-state index is 13.3. The molecular weight excluding hydrogens is 337 g/mol. The normalized spacial score (nSPS) is 12.3. The van der Waals surface area contributed by atoms with Crippen LogP contribution in [0.1, 0.15) is 22.3 Å². The summed E-state index contributed by atoms with van der Waals surface area (Å²) >= 11 is 0. The van der Waals surface area contributed by atoms with Crippen LogP contribution in [0, 0.1) is 17.8 Å². The first-order valence-electron chi connectivity index (χ1n) is 8.09. The van der Waals surface area contributed by atoms with Gasteiger partial charge >= 0.3 is 6.18 Å². The van der Waals surface area contributed by atoms with E-state index in [1.165, 1.54) is 0 Å². The lowest BCUT2D eigenvalue weighted by Gasteiger charge is -2.14. The summed E-state index contributed by atoms with van der Waals surface area (Å²) < 4.78 is 39.9. The molecule has 0 aliphatic rings. The average Bonchev–Trinajstić information content (AvgIpc) is 2.64. The summed E-state index contributed by atoms with van der Waals surface area (Å²) in [5.74, 6) is 2.17. The van der Waals surface area contributed by atoms with Crippen LogP contribution in [0.2, 0.25) is 0 Å². The van der Waals surface area contributed by atoms with Gasteiger partial charge in [-0.2, -0.15) is 13.2 Å². The van der Waals surface area contributed by atoms with Gasteiger partial charge in [-0.3, -0.25) is 4.79 Å². The number of fused-ring (bicyclic) bond motifs is 1. The molecule has 130 valence electrons. The van der Waals surface area contributed by atoms with Crippen LogP contribution in [0.4, 0.5) is 13.2 Å². The Morgan fingerprint density at radius 3 is 2.23 bits per heavy atom. The predicted octanol–water partition coefficient (Wildman–Crippen LogP) is 5.64. The van der Waals surface area contributed by atoms with E-state index in [1.54, 1.807) is 48.5 Å². The Kier molecular flexibility index (Phi) is 5.09. The molecule has 26 heavy (non-hydrogen) atoms. The van der Waals surface area contributed by atoms with Crippen molar-refractivity contribution in [3.05, 3.63) is 83.9 Å². The number of carbonyl (C=O) groups excluding carboxylic acids is 1. The number of hydrogen-bond acceptors (Lipinski definition) is 1. The Bertz CT molecular complexity index is 979. The number of hydrogen-bond donors (Lipinski definition) is 0. The van der Waals surface area contributed by atoms with Gasteiger partial charge in [0.2, 0.25) is 0 Å². The summed E-state index contributed by atoms with van der Waals surface area (Å²) in [5.41, 5.74) is 0.749. The van der Waals surface area contributed by atoms with Crippen LogP contribution in [0.5, 0.6) is 0 Å². The monoisotopic (exact) mass is 352 g/mol. The largest absolute Gasteiger partial charge is 0.402 e. The Hall–Kier alpha value is -3.06. The van der Waals surface area contributed by atoms with Crippen molar-refractivity contribution in [1.29, 1.82) is 0 Å². The van der Waals surface area contributed by atoms with Crippen LogP contribution in [0.15, 0.2) is 72.8 Å². The van der Waals surface area contributed by atoms with Crippen molar-refractivity contribution in [1.82, 2.24) is 0 Å². The van der Waals surface area contributed by atoms with E-state index in [-0.39, 0.29) is 5.56 Å². The van der Waals surface area contributed by atoms with E-state index in [0.29, 0.717) is 5.56 Å². The molecule has 0 aromatic heterocycles. The number of ketones is 1. The lowest BCUT2D eigenvalue weighted by molar-refractivity contribution is -0.157. The molecule has 0 radical (unpaired) electrons. The third-order valence-electron chi connectivity index (χ3n) is 4.02. The molecule has 1 nitrogen and oxygen atoms in total. The fourth-order valence-corrected chi connectivity index (χ4v) is 2.61. The summed E-state index contributed by atoms with van der Waals surface area (Å²) in [6.45, 7) is 0. The molecule has 0 aliphatic carbocycles. The van der Waals surface area contributed by atoms with Crippen LogP contribution in [-0.4, -0.2) is 12.0 Å². The summed E-state index contributed by atoms with van der Waals surface area (Å²) in [6, 6.07) is 20.7. The third kappa shape index (κ3) is 4.31. The summed E-state index contributed by atoms with van der Waals surface area (Å²) in [5, 5.41) is 1.75. The van der Waals surface area contributed by atoms with Gasteiger partial charge in [0.05, 0.1) is 0 Å². The van der Waals surface area contributed by atoms with Crippen LogP contribution < -0.4 is 0 Å². The van der Waals surface area contributed by atoms with Gasteiger partial charge in [0.15, 0.2) is 5.78 Å². The number of carbonyl (C=O) groups is 1. The molecule has 0 amide bonds. The second kappa shape index (κ2) is 7.45. The third-order valence-corrected chi connectivity index (χ3v) is 4.02. The smallest absolute Gasteiger partial charge is 0.294 e. The van der Waals surface area contributed by atoms with E-state index < -0.39 is 24.3 Å². The molecule has 0 spiro atoms. The first kappa shape index (κ1) is 17.8. The number of rotatable bonds is 3. The zero-order valence-electron chi connectivity index (χ0n) is 13.8. The van der Waals surface area contributed by atoms with Gasteiger partial charge in [-0.25, -0.2) is 0 Å². The minimum atomic E-state index is -4.56. The zero-order valence-corrected chi connectivity index (χ0v) is 13.8. The van der Waals surface area contributed by atoms with Gasteiger partial charge in [0.1, 0.15) is 5.92 Å². The van der Waals surface area contributed by atoms with Crippen molar-refractivity contribution in [3.8, 4) is 11.8 Å². The van der Waals surface area contributed by atoms with E-state index in [0.717, 1.165) is 10.8 Å². The average molecular weight is 352 g/mol. The van der Waals surface area contributed by atoms with Crippen LogP contribution in [-0.2, 0) is 0 Å². The van der Waals surface area contributed by atoms with Gasteiger partial charge in [0.25, 0.3) is 0 Å². The molecule has 0 N–H and O–H groups in total. The Morgan fingerprint density at radius 2 is 1.54 bits per heavy atom. The minimum Gasteiger partial charge on any atom is -0.294 e. The summed E-state index contributed by atoms with van der Waals surface area (Å²) in [7, 11) is 0. The second-order valence-electron chi connectivity index (χ2n) is 5.92. The lowest BCUT2D eigenvalue weighted by atomic mass is 9.96. The van der Waals surface area contributed by atoms with Crippen molar-refractivity contribution >= 4 is 16.6 Å². The van der Waals surface area contributed by atoms with E-state index >= 15 is 0 Å². The highest BCUT2D eigenvalue weighted by Gasteiger charge is 2.39. The SMILES string of the molecule is O=C(C[C@@H](C#Cc1ccccc1)C(F)(F)F)c1ccc2ccccc2c1. The fraction of sp³-hybridized carbons (Fsp3) is 0.136. The zero-order chi connectivity index (χ0) is 18.6. The summed E-state index contributed by atoms with van der Waals surface area (Å²) in [4.78, 5) is 12.4. The van der Waals surface area contributed by atoms with Crippen molar-refractivity contribution in [2.45, 2.75) is 12.6 Å². The molecule has 0 unspecified atom stereocenters. The fourth-order valence-electron chi connectivity index (χ4n) is 2.61. The lowest BCUT2D eigenvalue weighted by Crippen LogP contribution is -2.24. The van der Waals surface area contributed by atoms with Crippen LogP contribution in [0.25, 0.3) is 10.8 Å². The number of Topliss-reactive ketones (excluding diaryl/α,β-unsaturated/α-hetero) is 1. The number of alkyl halides is 3. The highest BCUT2D eigenvalue weighted by molar-refractivity contribution is 6.00. The van der Waals surface area contributed by atoms with Crippen LogP contribution >= 0.6 is 0 Å². The highest BCUT2D eigenvalue weighted by atomic mass is 19.4. The molecule has 0 bridgehead atoms. The van der Waals surface area contributed by atoms with Gasteiger partial charge in [-0.05, 0) is 29.0 Å². The van der Waals surface area contributed by atoms with Gasteiger partial charge in [-0.15, -0.1) is 0 Å². The van der Waals surface area contributed by atoms with Crippen molar-refractivity contribution in [3.63, 3.8) is 0 Å². The van der Waals surface area contributed by atoms with E-state index in [2.05, 4.69) is 11.8 Å². The molecule has 0 aliphatic heterocycles. The number of benzene rings is 3. The highest BCUT2D eigenvalue weighted by Crippen LogP contribution is 2.30. The quantitative estimate of drug-likeness (QED) is 0.440. The minimum absolute atomic E-state index is 0.263. The van der Waals surface area contributed by atoms with Crippen molar-refractivity contribution in [2.24, 2.45) is 5.92 Å². The van der Waals surface area contributed by atoms with Crippen LogP contribution in [0.3, 0.4) is 0 Å². The molecule has 0 heterocycles. The van der Waals surface area contributed by atoms with Gasteiger partial charge in [-0.1, -0.05) is 66.4 Å². The Morgan fingerprint density at radius 1 is 0.885 bits per heavy atom. The summed E-state index contributed by atoms with van der Waals surface area (Å²) in [6.07, 6.45) is -5.25. The predicted molar refractivity (Wildman–Crippen MR) is 95.8 cm³/mol. The Balaban J connectivity index is 1.84. The first-order chi connectivity index (χ1) is 12.4. The van der Waals surface area contributed by atoms with E-state index in [4.69, 9.17) is 0 Å². The van der Waals surface area contributed by atoms with E-state index in [1.807, 2.05) is 24.3 Å². The van der Waals surface area contributed by atoms with Gasteiger partial charge in [0, 0.05) is 17.5 Å². The maximum Gasteiger partial charge on any atom is 0.402 e. The molecule has 1 atom stereocenters. The topological polar surface area (TPSA) is 17.1 Å². The maximum atomic E-state index is 13.3. The molecule has 0 saturated carbocycles. The molecule has 0 saturated heterocycles. The molecule has 3 aromatic rings. The molecular formula is C22H15F3O. The second-order valence-corrected chi connectivity index (χ2v) is 5.92. The molecule has 3 aromatic carbocycles. The molecule has 3 rings (SSSR count). The molecule has 0 fully saturated rings. The van der Waals surface area contributed by atoms with Crippen molar-refractivity contribution < 1.29 is 18.0 Å². The number of halogens is 3. The van der Waals surface area contributed by atoms with Crippen molar-refractivity contribution in [2.75, 3.05) is 0 Å². The van der Waals surface area contributed by atoms with E-state index in [9.17, 15) is 18.0 Å². The standard InChI is InChI=1S/C22H15F3O/c23-22(24,25)20(13-10-16-6-2-1-3-7-16)15-21(26)19-12-11-17-8-4-5-9-18(17)14-19/h1-9,11-12,14,20H,15H2/t20-/m1/s1.